The Labute approximate surface area is 160 Å². The first-order chi connectivity index (χ1) is 12.9. The van der Waals surface area contributed by atoms with Gasteiger partial charge in [0.1, 0.15) is 11.2 Å². The Morgan fingerprint density at radius 3 is 1.93 bits per heavy atom. The van der Waals surface area contributed by atoms with Gasteiger partial charge in [-0.1, -0.05) is 0 Å². The minimum Gasteiger partial charge on any atom is -0.497 e. The second kappa shape index (κ2) is 8.17. The lowest BCUT2D eigenvalue weighted by Gasteiger charge is -2.40. The normalized spacial score (nSPS) is 18.4. The van der Waals surface area contributed by atoms with Crippen LogP contribution in [0.2, 0.25) is 0 Å². The van der Waals surface area contributed by atoms with Gasteiger partial charge in [0.2, 0.25) is 11.8 Å². The van der Waals surface area contributed by atoms with Crippen molar-refractivity contribution in [1.29, 1.82) is 0 Å². The molecule has 1 aromatic carbocycles. The van der Waals surface area contributed by atoms with Crippen LogP contribution in [0.15, 0.2) is 24.3 Å². The highest BCUT2D eigenvalue weighted by molar-refractivity contribution is 6.04. The minimum absolute atomic E-state index is 0.0895. The van der Waals surface area contributed by atoms with Gasteiger partial charge < -0.3 is 24.2 Å². The first-order valence-electron chi connectivity index (χ1n) is 9.49. The third-order valence-corrected chi connectivity index (χ3v) is 5.37. The lowest BCUT2D eigenvalue weighted by atomic mass is 9.89. The van der Waals surface area contributed by atoms with Crippen LogP contribution in [-0.4, -0.2) is 81.2 Å². The minimum atomic E-state index is -1.04. The van der Waals surface area contributed by atoms with Gasteiger partial charge in [0.05, 0.1) is 20.3 Å². The molecule has 0 saturated carbocycles. The van der Waals surface area contributed by atoms with Crippen molar-refractivity contribution < 1.29 is 19.1 Å². The zero-order chi connectivity index (χ0) is 19.4. The summed E-state index contributed by atoms with van der Waals surface area (Å²) < 4.78 is 10.5. The summed E-state index contributed by atoms with van der Waals surface area (Å²) in [6.45, 7) is 8.40. The van der Waals surface area contributed by atoms with Gasteiger partial charge in [-0.2, -0.15) is 0 Å². The van der Waals surface area contributed by atoms with Crippen LogP contribution in [0.1, 0.15) is 13.8 Å². The second-order valence-corrected chi connectivity index (χ2v) is 7.51. The average Bonchev–Trinajstić information content (AvgIpc) is 2.73. The number of nitrogens with zero attached hydrogens (tertiary/aromatic N) is 3. The molecule has 7 nitrogen and oxygen atoms in total. The standard InChI is InChI=1S/C20H29N3O4/c1-20(2,19(25)23-12-14-27-15-13-23)18(24)22-10-8-21(9-11-22)16-4-6-17(26-3)7-5-16/h4-7H,8-15H2,1-3H3. The molecule has 7 heteroatoms. The van der Waals surface area contributed by atoms with Crippen molar-refractivity contribution >= 4 is 17.5 Å². The Morgan fingerprint density at radius 2 is 1.41 bits per heavy atom. The largest absolute Gasteiger partial charge is 0.497 e. The molecule has 2 amide bonds. The smallest absolute Gasteiger partial charge is 0.237 e. The lowest BCUT2D eigenvalue weighted by molar-refractivity contribution is -0.156. The van der Waals surface area contributed by atoms with Crippen molar-refractivity contribution in [3.63, 3.8) is 0 Å². The Hall–Kier alpha value is -2.28. The highest BCUT2D eigenvalue weighted by atomic mass is 16.5. The maximum atomic E-state index is 13.0. The predicted molar refractivity (Wildman–Crippen MR) is 103 cm³/mol. The highest BCUT2D eigenvalue weighted by Crippen LogP contribution is 2.25. The third kappa shape index (κ3) is 4.18. The van der Waals surface area contributed by atoms with E-state index in [2.05, 4.69) is 4.90 Å². The van der Waals surface area contributed by atoms with Gasteiger partial charge in [0, 0.05) is 45.0 Å². The number of anilines is 1. The van der Waals surface area contributed by atoms with E-state index < -0.39 is 5.41 Å². The molecule has 0 unspecified atom stereocenters. The summed E-state index contributed by atoms with van der Waals surface area (Å²) in [7, 11) is 1.65. The molecule has 0 aromatic heterocycles. The van der Waals surface area contributed by atoms with Crippen LogP contribution in [0.3, 0.4) is 0 Å². The maximum Gasteiger partial charge on any atom is 0.237 e. The van der Waals surface area contributed by atoms with Gasteiger partial charge in [-0.25, -0.2) is 0 Å². The number of amides is 2. The van der Waals surface area contributed by atoms with Crippen molar-refractivity contribution in [3.05, 3.63) is 24.3 Å². The first kappa shape index (κ1) is 19.5. The Kier molecular flexibility index (Phi) is 5.89. The molecule has 0 radical (unpaired) electrons. The zero-order valence-corrected chi connectivity index (χ0v) is 16.4. The number of ether oxygens (including phenoxy) is 2. The molecule has 0 bridgehead atoms. The molecule has 2 aliphatic heterocycles. The Bertz CT molecular complexity index is 660. The van der Waals surface area contributed by atoms with E-state index in [0.717, 1.165) is 24.5 Å². The van der Waals surface area contributed by atoms with Crippen LogP contribution in [0.25, 0.3) is 0 Å². The molecule has 148 valence electrons. The van der Waals surface area contributed by atoms with Gasteiger partial charge in [0.15, 0.2) is 0 Å². The summed E-state index contributed by atoms with van der Waals surface area (Å²) in [5.41, 5.74) is 0.0751. The lowest BCUT2D eigenvalue weighted by Crippen LogP contribution is -2.57. The summed E-state index contributed by atoms with van der Waals surface area (Å²) >= 11 is 0. The second-order valence-electron chi connectivity index (χ2n) is 7.51. The molecule has 2 aliphatic rings. The number of methoxy groups -OCH3 is 1. The van der Waals surface area contributed by atoms with Crippen molar-refractivity contribution in [1.82, 2.24) is 9.80 Å². The van der Waals surface area contributed by atoms with Crippen molar-refractivity contribution in [2.24, 2.45) is 5.41 Å². The van der Waals surface area contributed by atoms with Crippen LogP contribution in [0, 0.1) is 5.41 Å². The molecular weight excluding hydrogens is 346 g/mol. The molecule has 2 heterocycles. The fraction of sp³-hybridized carbons (Fsp3) is 0.600. The van der Waals surface area contributed by atoms with Gasteiger partial charge in [0.25, 0.3) is 0 Å². The number of piperazine rings is 1. The third-order valence-electron chi connectivity index (χ3n) is 5.37. The quantitative estimate of drug-likeness (QED) is 0.741. The number of hydrogen-bond acceptors (Lipinski definition) is 5. The van der Waals surface area contributed by atoms with Crippen LogP contribution in [0.4, 0.5) is 5.69 Å². The van der Waals surface area contributed by atoms with E-state index in [0.29, 0.717) is 39.4 Å². The topological polar surface area (TPSA) is 62.3 Å². The van der Waals surface area contributed by atoms with Gasteiger partial charge >= 0.3 is 0 Å². The van der Waals surface area contributed by atoms with Crippen molar-refractivity contribution in [2.75, 3.05) is 64.5 Å². The Morgan fingerprint density at radius 1 is 0.889 bits per heavy atom. The highest BCUT2D eigenvalue weighted by Gasteiger charge is 2.42. The number of rotatable bonds is 4. The van der Waals surface area contributed by atoms with E-state index in [1.807, 2.05) is 29.2 Å². The summed E-state index contributed by atoms with van der Waals surface area (Å²) in [5.74, 6) is 0.637. The van der Waals surface area contributed by atoms with Gasteiger partial charge in [-0.05, 0) is 38.1 Å². The van der Waals surface area contributed by atoms with Crippen LogP contribution in [-0.2, 0) is 14.3 Å². The van der Waals surface area contributed by atoms with Gasteiger partial charge in [-0.3, -0.25) is 9.59 Å². The fourth-order valence-corrected chi connectivity index (χ4v) is 3.61. The molecule has 0 aliphatic carbocycles. The van der Waals surface area contributed by atoms with Crippen molar-refractivity contribution in [3.8, 4) is 5.75 Å². The number of hydrogen-bond donors (Lipinski definition) is 0. The summed E-state index contributed by atoms with van der Waals surface area (Å²) in [6.07, 6.45) is 0. The SMILES string of the molecule is COc1ccc(N2CCN(C(=O)C(C)(C)C(=O)N3CCOCC3)CC2)cc1. The van der Waals surface area contributed by atoms with E-state index in [1.54, 1.807) is 25.9 Å². The van der Waals surface area contributed by atoms with E-state index in [9.17, 15) is 9.59 Å². The monoisotopic (exact) mass is 375 g/mol. The van der Waals surface area contributed by atoms with E-state index in [4.69, 9.17) is 9.47 Å². The molecule has 1 aromatic rings. The molecule has 0 N–H and O–H groups in total. The molecular formula is C20H29N3O4. The average molecular weight is 375 g/mol. The fourth-order valence-electron chi connectivity index (χ4n) is 3.61. The summed E-state index contributed by atoms with van der Waals surface area (Å²) in [4.78, 5) is 31.7. The predicted octanol–water partition coefficient (Wildman–Crippen LogP) is 1.23. The molecule has 27 heavy (non-hydrogen) atoms. The van der Waals surface area contributed by atoms with Gasteiger partial charge in [-0.15, -0.1) is 0 Å². The molecule has 0 atom stereocenters. The van der Waals surface area contributed by atoms with E-state index in [-0.39, 0.29) is 11.8 Å². The number of carbonyl (C=O) groups is 2. The number of carbonyl (C=O) groups excluding carboxylic acids is 2. The van der Waals surface area contributed by atoms with E-state index in [1.165, 1.54) is 0 Å². The number of benzene rings is 1. The molecule has 2 saturated heterocycles. The maximum absolute atomic E-state index is 13.0. The molecule has 3 rings (SSSR count). The summed E-state index contributed by atoms with van der Waals surface area (Å²) in [6, 6.07) is 7.94. The van der Waals surface area contributed by atoms with Crippen LogP contribution < -0.4 is 9.64 Å². The number of morpholine rings is 1. The molecule has 2 fully saturated rings. The Balaban J connectivity index is 1.58. The zero-order valence-electron chi connectivity index (χ0n) is 16.4. The van der Waals surface area contributed by atoms with Crippen molar-refractivity contribution in [2.45, 2.75) is 13.8 Å². The summed E-state index contributed by atoms with van der Waals surface area (Å²) in [5, 5.41) is 0. The van der Waals surface area contributed by atoms with E-state index >= 15 is 0 Å². The molecule has 0 spiro atoms. The van der Waals surface area contributed by atoms with Crippen LogP contribution >= 0.6 is 0 Å². The first-order valence-corrected chi connectivity index (χ1v) is 9.49. The van der Waals surface area contributed by atoms with Crippen LogP contribution in [0.5, 0.6) is 5.75 Å².